The van der Waals surface area contributed by atoms with Gasteiger partial charge in [0.15, 0.2) is 0 Å². The lowest BCUT2D eigenvalue weighted by Gasteiger charge is -2.26. The molecule has 0 aliphatic carbocycles. The zero-order chi connectivity index (χ0) is 9.80. The molecule has 1 aliphatic rings. The monoisotopic (exact) mass is 195 g/mol. The topological polar surface area (TPSA) is 46.0 Å². The molecule has 2 rings (SSSR count). The van der Waals surface area contributed by atoms with E-state index in [1.54, 1.807) is 6.20 Å². The van der Waals surface area contributed by atoms with E-state index >= 15 is 0 Å². The van der Waals surface area contributed by atoms with Crippen molar-refractivity contribution in [3.8, 4) is 0 Å². The number of nitrogens with one attached hydrogen (secondary N) is 1. The summed E-state index contributed by atoms with van der Waals surface area (Å²) < 4.78 is 1.96. The van der Waals surface area contributed by atoms with Crippen LogP contribution in [0, 0.1) is 6.92 Å². The van der Waals surface area contributed by atoms with Crippen molar-refractivity contribution in [1.29, 1.82) is 0 Å². The van der Waals surface area contributed by atoms with Gasteiger partial charge in [0.25, 0.3) is 0 Å². The van der Waals surface area contributed by atoms with E-state index in [1.165, 1.54) is 0 Å². The van der Waals surface area contributed by atoms with E-state index in [0.717, 1.165) is 45.0 Å². The second kappa shape index (κ2) is 4.52. The smallest absolute Gasteiger partial charge is 0.0722 e. The largest absolute Gasteiger partial charge is 0.314 e. The first-order valence-corrected chi connectivity index (χ1v) is 5.14. The third-order valence-corrected chi connectivity index (χ3v) is 2.65. The molecule has 1 N–H and O–H groups in total. The summed E-state index contributed by atoms with van der Waals surface area (Å²) in [6, 6.07) is 0. The normalized spacial score (nSPS) is 18.6. The summed E-state index contributed by atoms with van der Waals surface area (Å²) in [5, 5.41) is 11.2. The van der Waals surface area contributed by atoms with Crippen LogP contribution in [0.1, 0.15) is 5.69 Å². The number of piperazine rings is 1. The van der Waals surface area contributed by atoms with Crippen LogP contribution >= 0.6 is 0 Å². The zero-order valence-electron chi connectivity index (χ0n) is 8.61. The first-order valence-electron chi connectivity index (χ1n) is 5.14. The fraction of sp³-hybridized carbons (Fsp3) is 0.778. The average Bonchev–Trinajstić information content (AvgIpc) is 2.63. The third-order valence-electron chi connectivity index (χ3n) is 2.65. The van der Waals surface area contributed by atoms with E-state index in [1.807, 2.05) is 11.6 Å². The Hall–Kier alpha value is -0.940. The predicted molar refractivity (Wildman–Crippen MR) is 54.1 cm³/mol. The van der Waals surface area contributed by atoms with E-state index in [-0.39, 0.29) is 0 Å². The molecule has 5 heteroatoms. The molecule has 1 saturated heterocycles. The maximum Gasteiger partial charge on any atom is 0.0722 e. The van der Waals surface area contributed by atoms with Crippen LogP contribution in [-0.2, 0) is 6.54 Å². The fourth-order valence-corrected chi connectivity index (χ4v) is 1.70. The average molecular weight is 195 g/mol. The maximum atomic E-state index is 4.02. The number of aromatic nitrogens is 3. The molecule has 0 aromatic carbocycles. The number of rotatable bonds is 3. The highest BCUT2D eigenvalue weighted by molar-refractivity contribution is 4.88. The fourth-order valence-electron chi connectivity index (χ4n) is 1.70. The van der Waals surface area contributed by atoms with Crippen molar-refractivity contribution in [3.63, 3.8) is 0 Å². The second-order valence-corrected chi connectivity index (χ2v) is 3.69. The Bertz CT molecular complexity index is 276. The molecule has 0 bridgehead atoms. The first kappa shape index (κ1) is 9.61. The SMILES string of the molecule is Cc1cnnn1CCN1CCNCC1. The van der Waals surface area contributed by atoms with Crippen molar-refractivity contribution in [1.82, 2.24) is 25.2 Å². The summed E-state index contributed by atoms with van der Waals surface area (Å²) in [5.41, 5.74) is 1.14. The second-order valence-electron chi connectivity index (χ2n) is 3.69. The van der Waals surface area contributed by atoms with Gasteiger partial charge in [-0.1, -0.05) is 5.21 Å². The van der Waals surface area contributed by atoms with Gasteiger partial charge in [-0.05, 0) is 6.92 Å². The van der Waals surface area contributed by atoms with Gasteiger partial charge in [0.05, 0.1) is 18.4 Å². The van der Waals surface area contributed by atoms with Gasteiger partial charge < -0.3 is 5.32 Å². The van der Waals surface area contributed by atoms with Crippen LogP contribution in [0.4, 0.5) is 0 Å². The minimum atomic E-state index is 0.950. The van der Waals surface area contributed by atoms with Crippen LogP contribution in [0.3, 0.4) is 0 Å². The molecule has 1 fully saturated rings. The van der Waals surface area contributed by atoms with Crippen LogP contribution in [-0.4, -0.2) is 52.6 Å². The van der Waals surface area contributed by atoms with E-state index in [4.69, 9.17) is 0 Å². The Morgan fingerprint density at radius 1 is 1.36 bits per heavy atom. The molecule has 0 amide bonds. The van der Waals surface area contributed by atoms with Gasteiger partial charge >= 0.3 is 0 Å². The molecular weight excluding hydrogens is 178 g/mol. The predicted octanol–water partition coefficient (Wildman–Crippen LogP) is -0.508. The molecule has 0 atom stereocenters. The number of nitrogens with zero attached hydrogens (tertiary/aromatic N) is 4. The van der Waals surface area contributed by atoms with Crippen LogP contribution in [0.2, 0.25) is 0 Å². The lowest BCUT2D eigenvalue weighted by atomic mass is 10.3. The van der Waals surface area contributed by atoms with Gasteiger partial charge in [-0.2, -0.15) is 0 Å². The Kier molecular flexibility index (Phi) is 3.10. The Morgan fingerprint density at radius 3 is 2.79 bits per heavy atom. The van der Waals surface area contributed by atoms with Crippen molar-refractivity contribution in [2.24, 2.45) is 0 Å². The molecule has 0 spiro atoms. The highest BCUT2D eigenvalue weighted by Crippen LogP contribution is 1.96. The van der Waals surface area contributed by atoms with E-state index in [2.05, 4.69) is 20.5 Å². The standard InChI is InChI=1S/C9H17N5/c1-9-8-11-12-14(9)7-6-13-4-2-10-3-5-13/h8,10H,2-7H2,1H3. The van der Waals surface area contributed by atoms with Gasteiger partial charge in [0, 0.05) is 32.7 Å². The number of hydrogen-bond acceptors (Lipinski definition) is 4. The molecule has 2 heterocycles. The maximum absolute atomic E-state index is 4.02. The Labute approximate surface area is 84.1 Å². The molecular formula is C9H17N5. The summed E-state index contributed by atoms with van der Waals surface area (Å²) in [6.45, 7) is 8.57. The Morgan fingerprint density at radius 2 is 2.14 bits per heavy atom. The van der Waals surface area contributed by atoms with Gasteiger partial charge in [-0.15, -0.1) is 5.10 Å². The molecule has 78 valence electrons. The van der Waals surface area contributed by atoms with Crippen LogP contribution < -0.4 is 5.32 Å². The van der Waals surface area contributed by atoms with E-state index < -0.39 is 0 Å². The highest BCUT2D eigenvalue weighted by Gasteiger charge is 2.09. The molecule has 0 radical (unpaired) electrons. The summed E-state index contributed by atoms with van der Waals surface area (Å²) >= 11 is 0. The molecule has 1 aliphatic heterocycles. The van der Waals surface area contributed by atoms with Crippen molar-refractivity contribution < 1.29 is 0 Å². The number of hydrogen-bond donors (Lipinski definition) is 1. The minimum absolute atomic E-state index is 0.950. The van der Waals surface area contributed by atoms with E-state index in [9.17, 15) is 0 Å². The molecule has 1 aromatic rings. The van der Waals surface area contributed by atoms with Gasteiger partial charge in [0.2, 0.25) is 0 Å². The van der Waals surface area contributed by atoms with Crippen molar-refractivity contribution in [2.75, 3.05) is 32.7 Å². The van der Waals surface area contributed by atoms with E-state index in [0.29, 0.717) is 0 Å². The molecule has 1 aromatic heterocycles. The molecule has 0 saturated carbocycles. The number of aryl methyl sites for hydroxylation is 1. The Balaban J connectivity index is 1.79. The quantitative estimate of drug-likeness (QED) is 0.706. The van der Waals surface area contributed by atoms with Crippen LogP contribution in [0.15, 0.2) is 6.20 Å². The van der Waals surface area contributed by atoms with Crippen molar-refractivity contribution in [2.45, 2.75) is 13.5 Å². The summed E-state index contributed by atoms with van der Waals surface area (Å²) in [5.74, 6) is 0. The lowest BCUT2D eigenvalue weighted by molar-refractivity contribution is 0.228. The minimum Gasteiger partial charge on any atom is -0.314 e. The van der Waals surface area contributed by atoms with Gasteiger partial charge in [-0.25, -0.2) is 4.68 Å². The van der Waals surface area contributed by atoms with Gasteiger partial charge in [0.1, 0.15) is 0 Å². The zero-order valence-corrected chi connectivity index (χ0v) is 8.61. The molecule has 14 heavy (non-hydrogen) atoms. The first-order chi connectivity index (χ1) is 6.86. The lowest BCUT2D eigenvalue weighted by Crippen LogP contribution is -2.44. The summed E-state index contributed by atoms with van der Waals surface area (Å²) in [7, 11) is 0. The summed E-state index contributed by atoms with van der Waals surface area (Å²) in [6.07, 6.45) is 1.80. The molecule has 0 unspecified atom stereocenters. The molecule has 5 nitrogen and oxygen atoms in total. The third kappa shape index (κ3) is 2.30. The highest BCUT2D eigenvalue weighted by atomic mass is 15.4. The van der Waals surface area contributed by atoms with Crippen molar-refractivity contribution >= 4 is 0 Å². The van der Waals surface area contributed by atoms with Gasteiger partial charge in [-0.3, -0.25) is 4.90 Å². The van der Waals surface area contributed by atoms with Crippen LogP contribution in [0.25, 0.3) is 0 Å². The summed E-state index contributed by atoms with van der Waals surface area (Å²) in [4.78, 5) is 2.46. The van der Waals surface area contributed by atoms with Crippen molar-refractivity contribution in [3.05, 3.63) is 11.9 Å². The van der Waals surface area contributed by atoms with Crippen LogP contribution in [0.5, 0.6) is 0 Å².